The summed E-state index contributed by atoms with van der Waals surface area (Å²) in [5.41, 5.74) is 5.26. The van der Waals surface area contributed by atoms with Crippen molar-refractivity contribution in [1.82, 2.24) is 8.96 Å². The minimum Gasteiger partial charge on any atom is -0.246 e. The van der Waals surface area contributed by atoms with Crippen LogP contribution in [0.3, 0.4) is 0 Å². The lowest BCUT2D eigenvalue weighted by Gasteiger charge is -2.10. The van der Waals surface area contributed by atoms with Crippen LogP contribution in [0, 0.1) is 6.92 Å². The van der Waals surface area contributed by atoms with Crippen LogP contribution < -0.4 is 0 Å². The second-order valence-corrected chi connectivity index (χ2v) is 10.6. The molecule has 0 atom stereocenters. The standard InChI is InChI=1S/C26H21BrN2O2S/c1-3-24-26-22(16-29(24)32(30,31)20-12-9-17(2)10-13-20)25(18-7-5-4-6-8-18)21-15-19(27)11-14-23(21)28-26/h4-16H,3H2,1-2H3. The van der Waals surface area contributed by atoms with E-state index in [-0.39, 0.29) is 4.90 Å². The molecule has 0 fully saturated rings. The van der Waals surface area contributed by atoms with Gasteiger partial charge in [0.25, 0.3) is 10.0 Å². The molecule has 0 N–H and O–H groups in total. The number of halogens is 1. The van der Waals surface area contributed by atoms with Crippen LogP contribution in [-0.4, -0.2) is 17.4 Å². The van der Waals surface area contributed by atoms with Crippen molar-refractivity contribution in [2.45, 2.75) is 25.2 Å². The van der Waals surface area contributed by atoms with Gasteiger partial charge in [-0.25, -0.2) is 17.4 Å². The van der Waals surface area contributed by atoms with Gasteiger partial charge in [0.1, 0.15) is 0 Å². The molecule has 2 heterocycles. The van der Waals surface area contributed by atoms with E-state index in [0.29, 0.717) is 12.1 Å². The number of aromatic nitrogens is 2. The Morgan fingerprint density at radius 1 is 0.938 bits per heavy atom. The molecule has 0 amide bonds. The molecule has 0 saturated heterocycles. The number of benzene rings is 3. The summed E-state index contributed by atoms with van der Waals surface area (Å²) in [5.74, 6) is 0. The van der Waals surface area contributed by atoms with Gasteiger partial charge in [-0.05, 0) is 49.2 Å². The molecule has 160 valence electrons. The average Bonchev–Trinajstić information content (AvgIpc) is 3.17. The Morgan fingerprint density at radius 2 is 1.66 bits per heavy atom. The highest BCUT2D eigenvalue weighted by Gasteiger charge is 2.25. The zero-order chi connectivity index (χ0) is 22.5. The van der Waals surface area contributed by atoms with Gasteiger partial charge in [-0.1, -0.05) is 70.9 Å². The van der Waals surface area contributed by atoms with Crippen LogP contribution in [0.2, 0.25) is 0 Å². The molecule has 0 bridgehead atoms. The number of fused-ring (bicyclic) bond motifs is 2. The predicted octanol–water partition coefficient (Wildman–Crippen LogP) is 6.73. The van der Waals surface area contributed by atoms with Crippen LogP contribution in [0.4, 0.5) is 0 Å². The van der Waals surface area contributed by atoms with E-state index in [0.717, 1.165) is 43.0 Å². The second-order valence-electron chi connectivity index (χ2n) is 7.82. The van der Waals surface area contributed by atoms with Crippen molar-refractivity contribution < 1.29 is 8.42 Å². The van der Waals surface area contributed by atoms with Crippen LogP contribution in [0.1, 0.15) is 18.2 Å². The molecular weight excluding hydrogens is 484 g/mol. The van der Waals surface area contributed by atoms with Gasteiger partial charge in [0.2, 0.25) is 0 Å². The van der Waals surface area contributed by atoms with Gasteiger partial charge in [0.15, 0.2) is 0 Å². The summed E-state index contributed by atoms with van der Waals surface area (Å²) in [7, 11) is -3.76. The molecule has 0 radical (unpaired) electrons. The average molecular weight is 505 g/mol. The summed E-state index contributed by atoms with van der Waals surface area (Å²) >= 11 is 3.58. The van der Waals surface area contributed by atoms with Crippen LogP contribution in [0.5, 0.6) is 0 Å². The highest BCUT2D eigenvalue weighted by atomic mass is 79.9. The van der Waals surface area contributed by atoms with Crippen molar-refractivity contribution in [2.24, 2.45) is 0 Å². The number of rotatable bonds is 4. The van der Waals surface area contributed by atoms with Crippen molar-refractivity contribution in [1.29, 1.82) is 0 Å². The number of aryl methyl sites for hydroxylation is 2. The monoisotopic (exact) mass is 504 g/mol. The Morgan fingerprint density at radius 3 is 2.34 bits per heavy atom. The molecule has 3 aromatic carbocycles. The van der Waals surface area contributed by atoms with Gasteiger partial charge < -0.3 is 0 Å². The Hall–Kier alpha value is -2.96. The first-order valence-electron chi connectivity index (χ1n) is 10.4. The summed E-state index contributed by atoms with van der Waals surface area (Å²) in [4.78, 5) is 5.18. The predicted molar refractivity (Wildman–Crippen MR) is 134 cm³/mol. The number of pyridine rings is 1. The summed E-state index contributed by atoms with van der Waals surface area (Å²) in [5, 5.41) is 1.81. The third kappa shape index (κ3) is 3.34. The van der Waals surface area contributed by atoms with E-state index in [1.165, 1.54) is 3.97 Å². The van der Waals surface area contributed by atoms with E-state index in [2.05, 4.69) is 15.9 Å². The zero-order valence-electron chi connectivity index (χ0n) is 17.7. The summed E-state index contributed by atoms with van der Waals surface area (Å²) in [6, 6.07) is 23.0. The van der Waals surface area contributed by atoms with Gasteiger partial charge in [-0.2, -0.15) is 0 Å². The molecular formula is C26H21BrN2O2S. The first-order chi connectivity index (χ1) is 15.4. The van der Waals surface area contributed by atoms with Crippen LogP contribution in [-0.2, 0) is 16.4 Å². The van der Waals surface area contributed by atoms with E-state index in [4.69, 9.17) is 4.98 Å². The van der Waals surface area contributed by atoms with Crippen molar-refractivity contribution in [3.63, 3.8) is 0 Å². The van der Waals surface area contributed by atoms with Crippen LogP contribution in [0.15, 0.2) is 88.4 Å². The number of hydrogen-bond donors (Lipinski definition) is 0. The topological polar surface area (TPSA) is 52.0 Å². The Labute approximate surface area is 195 Å². The highest BCUT2D eigenvalue weighted by Crippen LogP contribution is 2.38. The third-order valence-corrected chi connectivity index (χ3v) is 7.95. The second kappa shape index (κ2) is 7.87. The van der Waals surface area contributed by atoms with Crippen molar-refractivity contribution >= 4 is 47.8 Å². The number of nitrogens with zero attached hydrogens (tertiary/aromatic N) is 2. The fourth-order valence-electron chi connectivity index (χ4n) is 4.17. The maximum absolute atomic E-state index is 13.6. The fourth-order valence-corrected chi connectivity index (χ4v) is 5.99. The van der Waals surface area contributed by atoms with Gasteiger partial charge in [-0.15, -0.1) is 0 Å². The van der Waals surface area contributed by atoms with Crippen LogP contribution in [0.25, 0.3) is 32.9 Å². The van der Waals surface area contributed by atoms with E-state index < -0.39 is 10.0 Å². The molecule has 0 unspecified atom stereocenters. The van der Waals surface area contributed by atoms with E-state index in [1.807, 2.05) is 74.5 Å². The molecule has 6 heteroatoms. The largest absolute Gasteiger partial charge is 0.267 e. The molecule has 5 rings (SSSR count). The van der Waals surface area contributed by atoms with E-state index >= 15 is 0 Å². The van der Waals surface area contributed by atoms with E-state index in [9.17, 15) is 8.42 Å². The molecule has 5 aromatic rings. The molecule has 0 aliphatic rings. The molecule has 0 spiro atoms. The van der Waals surface area contributed by atoms with E-state index in [1.54, 1.807) is 18.3 Å². The smallest absolute Gasteiger partial charge is 0.246 e. The van der Waals surface area contributed by atoms with Crippen molar-refractivity contribution in [3.8, 4) is 11.1 Å². The first kappa shape index (κ1) is 20.9. The normalized spacial score (nSPS) is 12.0. The van der Waals surface area contributed by atoms with Gasteiger partial charge in [-0.3, -0.25) is 0 Å². The summed E-state index contributed by atoms with van der Waals surface area (Å²) in [6.45, 7) is 3.91. The zero-order valence-corrected chi connectivity index (χ0v) is 20.1. The molecule has 0 saturated carbocycles. The van der Waals surface area contributed by atoms with Gasteiger partial charge in [0.05, 0.1) is 21.6 Å². The maximum Gasteiger partial charge on any atom is 0.267 e. The van der Waals surface area contributed by atoms with Gasteiger partial charge >= 0.3 is 0 Å². The van der Waals surface area contributed by atoms with Crippen LogP contribution >= 0.6 is 15.9 Å². The fraction of sp³-hybridized carbons (Fsp3) is 0.115. The first-order valence-corrected chi connectivity index (χ1v) is 12.6. The molecule has 0 aliphatic heterocycles. The molecule has 2 aromatic heterocycles. The number of hydrogen-bond acceptors (Lipinski definition) is 3. The Kier molecular flexibility index (Phi) is 5.14. The minimum absolute atomic E-state index is 0.270. The minimum atomic E-state index is -3.76. The summed E-state index contributed by atoms with van der Waals surface area (Å²) in [6.07, 6.45) is 2.27. The summed E-state index contributed by atoms with van der Waals surface area (Å²) < 4.78 is 29.6. The lowest BCUT2D eigenvalue weighted by molar-refractivity contribution is 0.585. The van der Waals surface area contributed by atoms with Gasteiger partial charge in [0, 0.05) is 27.0 Å². The lowest BCUT2D eigenvalue weighted by atomic mass is 9.97. The molecule has 0 aliphatic carbocycles. The molecule has 32 heavy (non-hydrogen) atoms. The Bertz CT molecular complexity index is 1570. The highest BCUT2D eigenvalue weighted by molar-refractivity contribution is 9.10. The third-order valence-electron chi connectivity index (χ3n) is 5.75. The lowest BCUT2D eigenvalue weighted by Crippen LogP contribution is -2.14. The molecule has 4 nitrogen and oxygen atoms in total. The maximum atomic E-state index is 13.6. The Balaban J connectivity index is 1.90. The van der Waals surface area contributed by atoms with Crippen molar-refractivity contribution in [2.75, 3.05) is 0 Å². The van der Waals surface area contributed by atoms with Crippen molar-refractivity contribution in [3.05, 3.63) is 94.7 Å². The SMILES string of the molecule is CCc1c2nc3ccc(Br)cc3c(-c3ccccc3)c2cn1S(=O)(=O)c1ccc(C)cc1. The quantitative estimate of drug-likeness (QED) is 0.272.